The van der Waals surface area contributed by atoms with Crippen LogP contribution in [0.3, 0.4) is 0 Å². The van der Waals surface area contributed by atoms with Gasteiger partial charge in [-0.25, -0.2) is 0 Å². The van der Waals surface area contributed by atoms with Crippen molar-refractivity contribution in [3.05, 3.63) is 0 Å². The fourth-order valence-corrected chi connectivity index (χ4v) is 26.9. The Bertz CT molecular complexity index is 493. The van der Waals surface area contributed by atoms with E-state index >= 15 is 0 Å². The summed E-state index contributed by atoms with van der Waals surface area (Å²) < 4.78 is 43.5. The smallest absolute Gasteiger partial charge is 0.316 e. The molecular weight excluding hydrogens is 553 g/mol. The maximum Gasteiger partial charge on any atom is 0.316 e. The minimum atomic E-state index is -2.17. The molecule has 0 spiro atoms. The molecule has 1 aliphatic heterocycles. The molecule has 0 aromatic carbocycles. The molecule has 1 saturated heterocycles. The average molecular weight is 607 g/mol. The lowest BCUT2D eigenvalue weighted by atomic mass is 10.2. The van der Waals surface area contributed by atoms with Crippen LogP contribution in [0.5, 0.6) is 0 Å². The van der Waals surface area contributed by atoms with Crippen LogP contribution in [0.4, 0.5) is 0 Å². The molecule has 200 valence electrons. The fraction of sp³-hybridized carbons (Fsp3) is 1.00. The van der Waals surface area contributed by atoms with Gasteiger partial charge in [0.15, 0.2) is 16.6 Å². The summed E-state index contributed by atoms with van der Waals surface area (Å²) in [4.78, 5) is 0. The van der Waals surface area contributed by atoms with E-state index in [-0.39, 0.29) is 0 Å². The first-order chi connectivity index (χ1) is 15.2. The molecule has 1 heterocycles. The summed E-state index contributed by atoms with van der Waals surface area (Å²) in [6.07, 6.45) is 4.73. The van der Waals surface area contributed by atoms with Gasteiger partial charge < -0.3 is 28.8 Å². The topological polar surface area (TPSA) is 64.6 Å². The van der Waals surface area contributed by atoms with E-state index in [0.717, 1.165) is 18.5 Å². The Balaban J connectivity index is 0.00000497. The standard InChI is InChI=1S/C16H48O7Si8.C2H6/c1-25-19-26(2)21-31(10,22-27(3)20-25)16-14-12-11-13-15-28(23-30(7,8)9)17-24-18-29(4,5)6;1-2/h25-28H,11-16,24H2,1-10H3;1-2H3. The van der Waals surface area contributed by atoms with Crippen molar-refractivity contribution in [3.63, 3.8) is 0 Å². The van der Waals surface area contributed by atoms with Gasteiger partial charge in [0.2, 0.25) is 0 Å². The van der Waals surface area contributed by atoms with E-state index < -0.39 is 72.3 Å². The Labute approximate surface area is 217 Å². The lowest BCUT2D eigenvalue weighted by molar-refractivity contribution is 0.273. The summed E-state index contributed by atoms with van der Waals surface area (Å²) in [5.74, 6) is 0. The van der Waals surface area contributed by atoms with Crippen molar-refractivity contribution in [2.45, 2.75) is 117 Å². The molecule has 33 heavy (non-hydrogen) atoms. The van der Waals surface area contributed by atoms with Crippen LogP contribution in [-0.4, -0.2) is 72.3 Å². The average Bonchev–Trinajstić information content (AvgIpc) is 2.62. The molecule has 3 atom stereocenters. The van der Waals surface area contributed by atoms with Crippen LogP contribution in [0.2, 0.25) is 77.6 Å². The van der Waals surface area contributed by atoms with Gasteiger partial charge in [0.25, 0.3) is 37.9 Å². The number of hydrogen-bond acceptors (Lipinski definition) is 7. The van der Waals surface area contributed by atoms with Crippen LogP contribution in [0.1, 0.15) is 39.5 Å². The van der Waals surface area contributed by atoms with Gasteiger partial charge in [-0.2, -0.15) is 0 Å². The van der Waals surface area contributed by atoms with Gasteiger partial charge >= 0.3 is 17.8 Å². The molecule has 0 N–H and O–H groups in total. The second-order valence-electron chi connectivity index (χ2n) is 10.5. The maximum absolute atomic E-state index is 6.41. The number of unbranched alkanes of at least 4 members (excludes halogenated alkanes) is 3. The van der Waals surface area contributed by atoms with E-state index in [9.17, 15) is 0 Å². The second kappa shape index (κ2) is 17.1. The summed E-state index contributed by atoms with van der Waals surface area (Å²) in [7, 11) is -12.6. The van der Waals surface area contributed by atoms with Crippen LogP contribution >= 0.6 is 0 Å². The van der Waals surface area contributed by atoms with Crippen LogP contribution in [0, 0.1) is 0 Å². The molecule has 1 fully saturated rings. The highest BCUT2D eigenvalue weighted by atomic mass is 28.5. The van der Waals surface area contributed by atoms with Gasteiger partial charge in [0.05, 0.1) is 0 Å². The molecular formula is C18H54O7Si8. The van der Waals surface area contributed by atoms with Gasteiger partial charge in [0.1, 0.15) is 0 Å². The highest BCUT2D eigenvalue weighted by Crippen LogP contribution is 2.23. The monoisotopic (exact) mass is 606 g/mol. The molecule has 7 nitrogen and oxygen atoms in total. The van der Waals surface area contributed by atoms with Gasteiger partial charge in [-0.1, -0.05) is 39.5 Å². The Morgan fingerprint density at radius 3 is 1.79 bits per heavy atom. The first-order valence-corrected chi connectivity index (χ1v) is 31.3. The summed E-state index contributed by atoms with van der Waals surface area (Å²) in [6.45, 7) is 25.9. The van der Waals surface area contributed by atoms with E-state index in [0.29, 0.717) is 0 Å². The summed E-state index contributed by atoms with van der Waals surface area (Å²) >= 11 is 0. The Morgan fingerprint density at radius 2 is 1.30 bits per heavy atom. The highest BCUT2D eigenvalue weighted by Gasteiger charge is 2.38. The maximum atomic E-state index is 6.41. The van der Waals surface area contributed by atoms with E-state index in [1.165, 1.54) is 19.3 Å². The Kier molecular flexibility index (Phi) is 17.8. The van der Waals surface area contributed by atoms with Crippen molar-refractivity contribution in [1.29, 1.82) is 0 Å². The summed E-state index contributed by atoms with van der Waals surface area (Å²) in [6, 6.07) is 2.12. The van der Waals surface area contributed by atoms with Crippen molar-refractivity contribution in [2.75, 3.05) is 0 Å². The molecule has 1 aliphatic rings. The van der Waals surface area contributed by atoms with E-state index in [1.54, 1.807) is 0 Å². The normalized spacial score (nSPS) is 28.2. The Morgan fingerprint density at radius 1 is 0.788 bits per heavy atom. The first-order valence-electron chi connectivity index (χ1n) is 12.8. The SMILES string of the molecule is CC.C[SiH]1O[SiH](C)O[Si](C)(CCCCCC[SiH](O[SiH2]O[Si](C)(C)C)O[Si](C)(C)C)O[SiH](C)O1. The summed E-state index contributed by atoms with van der Waals surface area (Å²) in [5, 5.41) is 0. The van der Waals surface area contributed by atoms with Gasteiger partial charge in [0, 0.05) is 0 Å². The molecule has 1 rings (SSSR count). The van der Waals surface area contributed by atoms with Crippen molar-refractivity contribution < 1.29 is 28.8 Å². The molecule has 0 aromatic rings. The second-order valence-corrected chi connectivity index (χ2v) is 34.3. The molecule has 0 saturated carbocycles. The predicted octanol–water partition coefficient (Wildman–Crippen LogP) is 4.21. The zero-order chi connectivity index (χ0) is 25.7. The van der Waals surface area contributed by atoms with Crippen LogP contribution < -0.4 is 0 Å². The molecule has 0 radical (unpaired) electrons. The van der Waals surface area contributed by atoms with Gasteiger partial charge in [-0.3, -0.25) is 0 Å². The lowest BCUT2D eigenvalue weighted by Gasteiger charge is -2.37. The van der Waals surface area contributed by atoms with Gasteiger partial charge in [-0.15, -0.1) is 0 Å². The highest BCUT2D eigenvalue weighted by molar-refractivity contribution is 6.81. The van der Waals surface area contributed by atoms with E-state index in [1.807, 2.05) is 13.8 Å². The third-order valence-corrected chi connectivity index (χ3v) is 29.4. The van der Waals surface area contributed by atoms with Gasteiger partial charge in [-0.05, 0) is 77.6 Å². The number of hydrogen-bond donors (Lipinski definition) is 0. The summed E-state index contributed by atoms with van der Waals surface area (Å²) in [5.41, 5.74) is 0. The van der Waals surface area contributed by atoms with Crippen LogP contribution in [-0.2, 0) is 28.8 Å². The third kappa shape index (κ3) is 19.3. The first kappa shape index (κ1) is 34.5. The lowest BCUT2D eigenvalue weighted by Crippen LogP contribution is -2.52. The number of rotatable bonds is 13. The predicted molar refractivity (Wildman–Crippen MR) is 160 cm³/mol. The molecule has 0 aromatic heterocycles. The van der Waals surface area contributed by atoms with Crippen molar-refractivity contribution in [2.24, 2.45) is 0 Å². The van der Waals surface area contributed by atoms with E-state index in [2.05, 4.69) is 65.5 Å². The quantitative estimate of drug-likeness (QED) is 0.230. The third-order valence-electron chi connectivity index (χ3n) is 4.65. The fourth-order valence-electron chi connectivity index (χ4n) is 3.44. The zero-order valence-corrected chi connectivity index (χ0v) is 32.6. The molecule has 0 aliphatic carbocycles. The van der Waals surface area contributed by atoms with Crippen LogP contribution in [0.25, 0.3) is 0 Å². The van der Waals surface area contributed by atoms with Crippen molar-refractivity contribution >= 4 is 72.3 Å². The largest absolute Gasteiger partial charge is 0.441 e. The minimum Gasteiger partial charge on any atom is -0.441 e. The minimum absolute atomic E-state index is 0.915. The molecule has 0 bridgehead atoms. The molecule has 0 amide bonds. The van der Waals surface area contributed by atoms with Crippen molar-refractivity contribution in [1.82, 2.24) is 0 Å². The van der Waals surface area contributed by atoms with Crippen LogP contribution in [0.15, 0.2) is 0 Å². The molecule has 15 heteroatoms. The van der Waals surface area contributed by atoms with Crippen molar-refractivity contribution in [3.8, 4) is 0 Å². The zero-order valence-electron chi connectivity index (χ0n) is 23.6. The Hall–Kier alpha value is 1.46. The molecule has 3 unspecified atom stereocenters. The van der Waals surface area contributed by atoms with E-state index in [4.69, 9.17) is 28.8 Å².